The van der Waals surface area contributed by atoms with Crippen molar-refractivity contribution in [3.05, 3.63) is 0 Å². The minimum absolute atomic E-state index is 0.174. The summed E-state index contributed by atoms with van der Waals surface area (Å²) in [7, 11) is -3.73. The summed E-state index contributed by atoms with van der Waals surface area (Å²) in [5, 5.41) is 8.81. The normalized spacial score (nSPS) is 16.2. The SMILES string of the molecule is CCNS(=O)(=O)NC(C)(CC)C(=O)O. The standard InChI is InChI=1S/C7H16N2O4S/c1-4-7(3,6(10)11)9-14(12,13)8-5-2/h8-9H,4-5H2,1-3H3,(H,10,11). The van der Waals surface area contributed by atoms with Crippen LogP contribution >= 0.6 is 0 Å². The van der Waals surface area contributed by atoms with Gasteiger partial charge < -0.3 is 5.11 Å². The Morgan fingerprint density at radius 3 is 2.21 bits per heavy atom. The van der Waals surface area contributed by atoms with Crippen molar-refractivity contribution in [1.29, 1.82) is 0 Å². The molecule has 0 aliphatic carbocycles. The maximum atomic E-state index is 11.2. The second kappa shape index (κ2) is 4.72. The second-order valence-corrected chi connectivity index (χ2v) is 4.59. The Hall–Kier alpha value is -0.660. The molecule has 0 aromatic carbocycles. The van der Waals surface area contributed by atoms with Gasteiger partial charge in [0.25, 0.3) is 10.2 Å². The van der Waals surface area contributed by atoms with Crippen molar-refractivity contribution in [2.75, 3.05) is 6.54 Å². The summed E-state index contributed by atoms with van der Waals surface area (Å²) in [6, 6.07) is 0. The van der Waals surface area contributed by atoms with Crippen LogP contribution in [0.2, 0.25) is 0 Å². The third-order valence-corrected chi connectivity index (χ3v) is 3.26. The fourth-order valence-corrected chi connectivity index (χ4v) is 2.07. The number of rotatable bonds is 6. The molecule has 84 valence electrons. The molecule has 0 amide bonds. The summed E-state index contributed by atoms with van der Waals surface area (Å²) in [6.45, 7) is 4.75. The van der Waals surface area contributed by atoms with Crippen LogP contribution in [0.3, 0.4) is 0 Å². The molecule has 0 bridgehead atoms. The molecular formula is C7H16N2O4S. The molecule has 6 nitrogen and oxygen atoms in total. The molecule has 0 heterocycles. The Bertz CT molecular complexity index is 301. The second-order valence-electron chi connectivity index (χ2n) is 3.09. The quantitative estimate of drug-likeness (QED) is 0.576. The van der Waals surface area contributed by atoms with Crippen LogP contribution in [0.25, 0.3) is 0 Å². The zero-order valence-electron chi connectivity index (χ0n) is 8.49. The molecule has 0 saturated heterocycles. The van der Waals surface area contributed by atoms with Gasteiger partial charge in [0.05, 0.1) is 0 Å². The highest BCUT2D eigenvalue weighted by Crippen LogP contribution is 2.10. The number of carboxylic acid groups (broad SMARTS) is 1. The maximum Gasteiger partial charge on any atom is 0.324 e. The lowest BCUT2D eigenvalue weighted by Gasteiger charge is -2.24. The van der Waals surface area contributed by atoms with Crippen molar-refractivity contribution in [2.45, 2.75) is 32.7 Å². The summed E-state index contributed by atoms with van der Waals surface area (Å²) in [5.74, 6) is -1.19. The van der Waals surface area contributed by atoms with Crippen molar-refractivity contribution in [3.63, 3.8) is 0 Å². The van der Waals surface area contributed by atoms with Crippen molar-refractivity contribution in [2.24, 2.45) is 0 Å². The summed E-state index contributed by atoms with van der Waals surface area (Å²) in [5.41, 5.74) is -1.46. The first-order chi connectivity index (χ1) is 6.27. The molecular weight excluding hydrogens is 208 g/mol. The zero-order chi connectivity index (χ0) is 11.4. The molecule has 7 heteroatoms. The maximum absolute atomic E-state index is 11.2. The van der Waals surface area contributed by atoms with Crippen molar-refractivity contribution in [3.8, 4) is 0 Å². The summed E-state index contributed by atoms with van der Waals surface area (Å²) in [4.78, 5) is 10.8. The smallest absolute Gasteiger partial charge is 0.324 e. The molecule has 0 radical (unpaired) electrons. The number of aliphatic carboxylic acids is 1. The van der Waals surface area contributed by atoms with Gasteiger partial charge in [0, 0.05) is 6.54 Å². The topological polar surface area (TPSA) is 95.5 Å². The molecule has 14 heavy (non-hydrogen) atoms. The Labute approximate surface area is 83.9 Å². The van der Waals surface area contributed by atoms with Gasteiger partial charge in [-0.25, -0.2) is 4.72 Å². The highest BCUT2D eigenvalue weighted by atomic mass is 32.2. The van der Waals surface area contributed by atoms with E-state index in [4.69, 9.17) is 5.11 Å². The van der Waals surface area contributed by atoms with E-state index in [1.807, 2.05) is 0 Å². The van der Waals surface area contributed by atoms with Crippen molar-refractivity contribution in [1.82, 2.24) is 9.44 Å². The molecule has 0 saturated carbocycles. The molecule has 1 atom stereocenters. The number of carboxylic acids is 1. The van der Waals surface area contributed by atoms with E-state index in [1.54, 1.807) is 13.8 Å². The van der Waals surface area contributed by atoms with Crippen LogP contribution in [0.15, 0.2) is 0 Å². The largest absolute Gasteiger partial charge is 0.480 e. The van der Waals surface area contributed by atoms with E-state index in [1.165, 1.54) is 6.92 Å². The van der Waals surface area contributed by atoms with Crippen molar-refractivity contribution >= 4 is 16.2 Å². The number of carbonyl (C=O) groups is 1. The molecule has 0 aromatic rings. The summed E-state index contributed by atoms with van der Waals surface area (Å²) >= 11 is 0. The van der Waals surface area contributed by atoms with E-state index in [0.29, 0.717) is 0 Å². The Morgan fingerprint density at radius 2 is 1.93 bits per heavy atom. The Kier molecular flexibility index (Phi) is 4.50. The highest BCUT2D eigenvalue weighted by molar-refractivity contribution is 7.87. The Balaban J connectivity index is 4.71. The fraction of sp³-hybridized carbons (Fsp3) is 0.857. The number of hydrogen-bond acceptors (Lipinski definition) is 3. The number of nitrogens with one attached hydrogen (secondary N) is 2. The lowest BCUT2D eigenvalue weighted by molar-refractivity contribution is -0.143. The molecule has 0 aliphatic heterocycles. The minimum Gasteiger partial charge on any atom is -0.480 e. The molecule has 0 rings (SSSR count). The lowest BCUT2D eigenvalue weighted by atomic mass is 10.0. The van der Waals surface area contributed by atoms with Crippen LogP contribution in [0.4, 0.5) is 0 Å². The van der Waals surface area contributed by atoms with E-state index in [-0.39, 0.29) is 13.0 Å². The minimum atomic E-state index is -3.73. The van der Waals surface area contributed by atoms with Gasteiger partial charge in [-0.1, -0.05) is 13.8 Å². The fourth-order valence-electron chi connectivity index (χ4n) is 0.790. The first-order valence-electron chi connectivity index (χ1n) is 4.29. The summed E-state index contributed by atoms with van der Waals surface area (Å²) in [6.07, 6.45) is 0.174. The predicted octanol–water partition coefficient (Wildman–Crippen LogP) is -0.316. The third-order valence-electron chi connectivity index (χ3n) is 1.87. The predicted molar refractivity (Wildman–Crippen MR) is 52.1 cm³/mol. The third kappa shape index (κ3) is 3.60. The molecule has 0 aromatic heterocycles. The van der Waals surface area contributed by atoms with E-state index in [2.05, 4.69) is 9.44 Å². The van der Waals surface area contributed by atoms with E-state index in [0.717, 1.165) is 0 Å². The van der Waals surface area contributed by atoms with Gasteiger partial charge in [-0.2, -0.15) is 13.1 Å². The molecule has 1 unspecified atom stereocenters. The molecule has 0 aliphatic rings. The van der Waals surface area contributed by atoms with Crippen LogP contribution in [0.1, 0.15) is 27.2 Å². The first kappa shape index (κ1) is 13.3. The lowest BCUT2D eigenvalue weighted by Crippen LogP contribution is -2.54. The van der Waals surface area contributed by atoms with Gasteiger partial charge >= 0.3 is 5.97 Å². The van der Waals surface area contributed by atoms with Crippen LogP contribution < -0.4 is 9.44 Å². The molecule has 0 spiro atoms. The van der Waals surface area contributed by atoms with Crippen LogP contribution in [-0.2, 0) is 15.0 Å². The van der Waals surface area contributed by atoms with E-state index in [9.17, 15) is 13.2 Å². The first-order valence-corrected chi connectivity index (χ1v) is 5.77. The number of hydrogen-bond donors (Lipinski definition) is 3. The van der Waals surface area contributed by atoms with Gasteiger partial charge in [0.1, 0.15) is 5.54 Å². The average Bonchev–Trinajstić information content (AvgIpc) is 2.02. The van der Waals surface area contributed by atoms with Gasteiger partial charge in [-0.15, -0.1) is 0 Å². The van der Waals surface area contributed by atoms with Gasteiger partial charge in [-0.3, -0.25) is 4.79 Å². The molecule has 0 fully saturated rings. The monoisotopic (exact) mass is 224 g/mol. The average molecular weight is 224 g/mol. The zero-order valence-corrected chi connectivity index (χ0v) is 9.31. The molecule has 3 N–H and O–H groups in total. The van der Waals surface area contributed by atoms with E-state index < -0.39 is 21.7 Å². The van der Waals surface area contributed by atoms with Gasteiger partial charge in [0.2, 0.25) is 0 Å². The van der Waals surface area contributed by atoms with Crippen LogP contribution in [0, 0.1) is 0 Å². The van der Waals surface area contributed by atoms with Crippen LogP contribution in [0.5, 0.6) is 0 Å². The van der Waals surface area contributed by atoms with E-state index >= 15 is 0 Å². The van der Waals surface area contributed by atoms with Crippen LogP contribution in [-0.4, -0.2) is 31.6 Å². The van der Waals surface area contributed by atoms with Crippen molar-refractivity contribution < 1.29 is 18.3 Å². The van der Waals surface area contributed by atoms with Gasteiger partial charge in [-0.05, 0) is 13.3 Å². The summed E-state index contributed by atoms with van der Waals surface area (Å²) < 4.78 is 26.7. The highest BCUT2D eigenvalue weighted by Gasteiger charge is 2.35. The van der Waals surface area contributed by atoms with Gasteiger partial charge in [0.15, 0.2) is 0 Å². The Morgan fingerprint density at radius 1 is 1.43 bits per heavy atom.